The van der Waals surface area contributed by atoms with Gasteiger partial charge < -0.3 is 5.11 Å². The Kier molecular flexibility index (Phi) is 6.85. The van der Waals surface area contributed by atoms with Gasteiger partial charge in [-0.2, -0.15) is 0 Å². The van der Waals surface area contributed by atoms with Crippen LogP contribution in [0.25, 0.3) is 22.0 Å². The number of pyridine rings is 2. The summed E-state index contributed by atoms with van der Waals surface area (Å²) in [6, 6.07) is 14.9. The molecule has 0 unspecified atom stereocenters. The van der Waals surface area contributed by atoms with E-state index in [1.165, 1.54) is 12.1 Å². The van der Waals surface area contributed by atoms with Crippen LogP contribution in [0.1, 0.15) is 5.56 Å². The van der Waals surface area contributed by atoms with Gasteiger partial charge in [0.25, 0.3) is 0 Å². The second kappa shape index (κ2) is 9.96. The molecular formula is C23H16ClFN4O2S. The second-order valence-corrected chi connectivity index (χ2v) is 7.90. The molecule has 0 radical (unpaired) electrons. The van der Waals surface area contributed by atoms with Gasteiger partial charge in [-0.15, -0.1) is 0 Å². The Labute approximate surface area is 192 Å². The molecule has 4 rings (SSSR count). The molecule has 0 spiro atoms. The lowest BCUT2D eigenvalue weighted by Crippen LogP contribution is -2.18. The topological polar surface area (TPSA) is 81.5 Å². The predicted molar refractivity (Wildman–Crippen MR) is 123 cm³/mol. The molecule has 0 atom stereocenters. The fraction of sp³-hybridized carbons (Fsp3) is 0.0435. The van der Waals surface area contributed by atoms with Gasteiger partial charge in [-0.3, -0.25) is 15.6 Å². The maximum atomic E-state index is 13.1. The van der Waals surface area contributed by atoms with E-state index in [2.05, 4.69) is 27.2 Å². The summed E-state index contributed by atoms with van der Waals surface area (Å²) >= 11 is 7.16. The first-order valence-corrected chi connectivity index (χ1v) is 10.5. The van der Waals surface area contributed by atoms with Crippen molar-refractivity contribution in [2.24, 2.45) is 0 Å². The van der Waals surface area contributed by atoms with Crippen LogP contribution in [0.2, 0.25) is 5.15 Å². The quantitative estimate of drug-likeness (QED) is 0.162. The number of nitrogens with zero attached hydrogens (tertiary/aromatic N) is 3. The molecule has 0 aliphatic heterocycles. The fourth-order valence-corrected chi connectivity index (χ4v) is 3.72. The number of fused-ring (bicyclic) bond motifs is 1. The minimum Gasteiger partial charge on any atom is -0.384 e. The molecule has 160 valence electrons. The van der Waals surface area contributed by atoms with Crippen molar-refractivity contribution in [3.05, 3.63) is 83.5 Å². The highest BCUT2D eigenvalue weighted by atomic mass is 35.5. The Morgan fingerprint density at radius 1 is 1.06 bits per heavy atom. The van der Waals surface area contributed by atoms with Gasteiger partial charge in [0.1, 0.15) is 12.4 Å². The second-order valence-electron chi connectivity index (χ2n) is 6.54. The summed E-state index contributed by atoms with van der Waals surface area (Å²) in [5.74, 6) is 5.23. The Morgan fingerprint density at radius 3 is 2.66 bits per heavy atom. The number of rotatable bonds is 5. The summed E-state index contributed by atoms with van der Waals surface area (Å²) in [5.41, 5.74) is 6.27. The van der Waals surface area contributed by atoms with Crippen LogP contribution < -0.4 is 5.43 Å². The number of hydrazine groups is 1. The van der Waals surface area contributed by atoms with Gasteiger partial charge in [0, 0.05) is 45.8 Å². The van der Waals surface area contributed by atoms with Crippen molar-refractivity contribution < 1.29 is 14.7 Å². The van der Waals surface area contributed by atoms with Crippen LogP contribution in [0.4, 0.5) is 10.1 Å². The van der Waals surface area contributed by atoms with E-state index < -0.39 is 0 Å². The van der Waals surface area contributed by atoms with Crippen LogP contribution in [-0.4, -0.2) is 31.5 Å². The lowest BCUT2D eigenvalue weighted by molar-refractivity contribution is 0.0438. The van der Waals surface area contributed by atoms with E-state index in [1.54, 1.807) is 36.7 Å². The number of hydrogen-bond donors (Lipinski definition) is 3. The number of aromatic nitrogens is 2. The average Bonchev–Trinajstić information content (AvgIpc) is 2.80. The SMILES string of the molecule is OCC#Cc1ccnc2ccc(-c3cnc(Cl)c(NN(O)Sc4ccc(F)cc4)c3)cc12. The van der Waals surface area contributed by atoms with E-state index in [4.69, 9.17) is 16.7 Å². The number of nitrogens with one attached hydrogen (secondary N) is 1. The van der Waals surface area contributed by atoms with Crippen LogP contribution in [0.5, 0.6) is 0 Å². The van der Waals surface area contributed by atoms with Gasteiger partial charge in [0.05, 0.1) is 11.2 Å². The van der Waals surface area contributed by atoms with E-state index in [0.29, 0.717) is 10.6 Å². The third kappa shape index (κ3) is 5.16. The minimum absolute atomic E-state index is 0.171. The van der Waals surface area contributed by atoms with E-state index in [-0.39, 0.29) is 17.6 Å². The first-order chi connectivity index (χ1) is 15.5. The van der Waals surface area contributed by atoms with Crippen LogP contribution in [-0.2, 0) is 0 Å². The first-order valence-electron chi connectivity index (χ1n) is 9.37. The van der Waals surface area contributed by atoms with Crippen molar-refractivity contribution in [1.82, 2.24) is 14.5 Å². The molecule has 0 saturated carbocycles. The highest BCUT2D eigenvalue weighted by molar-refractivity contribution is 7.97. The van der Waals surface area contributed by atoms with Gasteiger partial charge in [-0.1, -0.05) is 29.5 Å². The van der Waals surface area contributed by atoms with Gasteiger partial charge in [0.15, 0.2) is 5.15 Å². The molecule has 2 aromatic heterocycles. The number of benzene rings is 2. The Hall–Kier alpha value is -3.19. The summed E-state index contributed by atoms with van der Waals surface area (Å²) in [6.45, 7) is -0.229. The highest BCUT2D eigenvalue weighted by Gasteiger charge is 2.11. The monoisotopic (exact) mass is 466 g/mol. The maximum absolute atomic E-state index is 13.1. The molecule has 4 aromatic rings. The molecule has 3 N–H and O–H groups in total. The fourth-order valence-electron chi connectivity index (χ4n) is 2.98. The van der Waals surface area contributed by atoms with E-state index in [1.807, 2.05) is 18.2 Å². The minimum atomic E-state index is -0.358. The first kappa shape index (κ1) is 22.0. The third-order valence-electron chi connectivity index (χ3n) is 4.44. The smallest absolute Gasteiger partial charge is 0.153 e. The molecule has 6 nitrogen and oxygen atoms in total. The summed E-state index contributed by atoms with van der Waals surface area (Å²) < 4.78 is 13.8. The van der Waals surface area contributed by atoms with Gasteiger partial charge in [-0.25, -0.2) is 9.37 Å². The Morgan fingerprint density at radius 2 is 1.88 bits per heavy atom. The molecule has 0 bridgehead atoms. The zero-order valence-electron chi connectivity index (χ0n) is 16.5. The molecule has 9 heteroatoms. The normalized spacial score (nSPS) is 10.8. The molecule has 0 aliphatic carbocycles. The standard InChI is InChI=1S/C23H16ClFN4O2S/c24-23-22(28-29(31)32-19-6-4-18(25)5-7-19)13-17(14-27-23)16-3-8-21-20(12-16)15(2-1-11-30)9-10-26-21/h3-10,12-14,28,30-31H,11H2. The molecule has 0 aliphatic rings. The number of aliphatic hydroxyl groups excluding tert-OH is 1. The number of hydrogen-bond acceptors (Lipinski definition) is 7. The average molecular weight is 467 g/mol. The number of anilines is 1. The van der Waals surface area contributed by atoms with Crippen molar-refractivity contribution in [2.45, 2.75) is 4.90 Å². The van der Waals surface area contributed by atoms with Crippen molar-refractivity contribution in [3.63, 3.8) is 0 Å². The van der Waals surface area contributed by atoms with Gasteiger partial charge >= 0.3 is 0 Å². The van der Waals surface area contributed by atoms with Crippen LogP contribution in [0, 0.1) is 17.7 Å². The third-order valence-corrected chi connectivity index (χ3v) is 5.49. The van der Waals surface area contributed by atoms with Crippen molar-refractivity contribution in [2.75, 3.05) is 12.0 Å². The highest BCUT2D eigenvalue weighted by Crippen LogP contribution is 2.31. The zero-order valence-corrected chi connectivity index (χ0v) is 18.0. The maximum Gasteiger partial charge on any atom is 0.153 e. The summed E-state index contributed by atoms with van der Waals surface area (Å²) in [7, 11) is 0. The van der Waals surface area contributed by atoms with Gasteiger partial charge in [0.2, 0.25) is 0 Å². The molecule has 0 amide bonds. The van der Waals surface area contributed by atoms with E-state index in [0.717, 1.165) is 44.1 Å². The molecular weight excluding hydrogens is 451 g/mol. The van der Waals surface area contributed by atoms with Crippen LogP contribution in [0.15, 0.2) is 71.9 Å². The lowest BCUT2D eigenvalue weighted by Gasteiger charge is -2.17. The molecule has 0 saturated heterocycles. The molecule has 2 aromatic carbocycles. The summed E-state index contributed by atoms with van der Waals surface area (Å²) in [5, 5.41) is 20.2. The Balaban J connectivity index is 1.61. The van der Waals surface area contributed by atoms with E-state index in [9.17, 15) is 9.60 Å². The molecule has 0 fully saturated rings. The van der Waals surface area contributed by atoms with Crippen molar-refractivity contribution in [3.8, 4) is 23.0 Å². The van der Waals surface area contributed by atoms with Gasteiger partial charge in [-0.05, 0) is 58.7 Å². The lowest BCUT2D eigenvalue weighted by atomic mass is 10.0. The van der Waals surface area contributed by atoms with Crippen LogP contribution in [0.3, 0.4) is 0 Å². The van der Waals surface area contributed by atoms with E-state index >= 15 is 0 Å². The summed E-state index contributed by atoms with van der Waals surface area (Å²) in [4.78, 5) is 9.19. The number of aliphatic hydroxyl groups is 1. The van der Waals surface area contributed by atoms with Crippen molar-refractivity contribution >= 4 is 40.1 Å². The zero-order chi connectivity index (χ0) is 22.5. The Bertz CT molecular complexity index is 1330. The summed E-state index contributed by atoms with van der Waals surface area (Å²) in [6.07, 6.45) is 3.29. The van der Waals surface area contributed by atoms with Crippen molar-refractivity contribution in [1.29, 1.82) is 0 Å². The molecule has 32 heavy (non-hydrogen) atoms. The predicted octanol–water partition coefficient (Wildman–Crippen LogP) is 5.16. The molecule has 2 heterocycles. The number of halogens is 2. The van der Waals surface area contributed by atoms with Crippen LogP contribution >= 0.6 is 23.5 Å². The largest absolute Gasteiger partial charge is 0.384 e.